The molecule has 1 aliphatic rings. The molecule has 8 nitrogen and oxygen atoms in total. The molecule has 4 N–H and O–H groups in total. The molecule has 2 aromatic rings. The zero-order chi connectivity index (χ0) is 20.1. The molecule has 0 radical (unpaired) electrons. The van der Waals surface area contributed by atoms with Gasteiger partial charge in [0.05, 0.1) is 4.92 Å². The van der Waals surface area contributed by atoms with Gasteiger partial charge in [0.1, 0.15) is 6.20 Å². The molecule has 1 aromatic heterocycles. The van der Waals surface area contributed by atoms with Gasteiger partial charge in [-0.15, -0.1) is 0 Å². The van der Waals surface area contributed by atoms with Crippen LogP contribution < -0.4 is 16.4 Å². The summed E-state index contributed by atoms with van der Waals surface area (Å²) in [6.07, 6.45) is 6.06. The van der Waals surface area contributed by atoms with Gasteiger partial charge in [-0.1, -0.05) is 23.7 Å². The molecule has 0 amide bonds. The molecule has 0 bridgehead atoms. The quantitative estimate of drug-likeness (QED) is 0.536. The molecule has 1 aliphatic carbocycles. The van der Waals surface area contributed by atoms with Crippen LogP contribution in [0.2, 0.25) is 5.02 Å². The molecular weight excluding hydrogens is 380 g/mol. The van der Waals surface area contributed by atoms with Crippen LogP contribution in [0.1, 0.15) is 31.2 Å². The van der Waals surface area contributed by atoms with Crippen molar-refractivity contribution in [1.82, 2.24) is 9.97 Å². The lowest BCUT2D eigenvalue weighted by molar-refractivity contribution is -0.384. The molecule has 0 aliphatic heterocycles. The van der Waals surface area contributed by atoms with Crippen molar-refractivity contribution in [3.05, 3.63) is 51.2 Å². The fraction of sp³-hybridized carbons (Fsp3) is 0.474. The lowest BCUT2D eigenvalue weighted by Crippen LogP contribution is -2.36. The Balaban J connectivity index is 1.77. The number of nitrogens with zero attached hydrogens (tertiary/aromatic N) is 4. The molecule has 0 atom stereocenters. The highest BCUT2D eigenvalue weighted by molar-refractivity contribution is 6.30. The lowest BCUT2D eigenvalue weighted by atomic mass is 9.86. The zero-order valence-corrected chi connectivity index (χ0v) is 16.4. The van der Waals surface area contributed by atoms with Crippen LogP contribution in [0.5, 0.6) is 0 Å². The summed E-state index contributed by atoms with van der Waals surface area (Å²) in [4.78, 5) is 20.9. The Morgan fingerprint density at radius 2 is 2.04 bits per heavy atom. The first-order chi connectivity index (χ1) is 13.4. The van der Waals surface area contributed by atoms with E-state index in [1.807, 2.05) is 24.3 Å². The highest BCUT2D eigenvalue weighted by Gasteiger charge is 2.24. The molecule has 0 spiro atoms. The maximum absolute atomic E-state index is 11.0. The van der Waals surface area contributed by atoms with Gasteiger partial charge < -0.3 is 16.4 Å². The number of nitrogen functional groups attached to an aromatic ring is 1. The molecule has 9 heteroatoms. The fourth-order valence-electron chi connectivity index (χ4n) is 3.58. The SMILES string of the molecule is Nc1nc(N(CCc2cccc(Cl)c2)CC2CCC(N)CC2)ncc1[N+](=O)[O-]. The molecule has 1 aromatic carbocycles. The average Bonchev–Trinajstić information content (AvgIpc) is 2.66. The monoisotopic (exact) mass is 404 g/mol. The number of halogens is 1. The lowest BCUT2D eigenvalue weighted by Gasteiger charge is -2.31. The summed E-state index contributed by atoms with van der Waals surface area (Å²) < 4.78 is 0. The Kier molecular flexibility index (Phi) is 6.64. The van der Waals surface area contributed by atoms with E-state index >= 15 is 0 Å². The van der Waals surface area contributed by atoms with Crippen LogP contribution in [0.15, 0.2) is 30.5 Å². The minimum Gasteiger partial charge on any atom is -0.378 e. The van der Waals surface area contributed by atoms with Crippen LogP contribution in [0.25, 0.3) is 0 Å². The molecule has 1 fully saturated rings. The first-order valence-corrected chi connectivity index (χ1v) is 9.82. The topological polar surface area (TPSA) is 124 Å². The average molecular weight is 405 g/mol. The van der Waals surface area contributed by atoms with Crippen LogP contribution >= 0.6 is 11.6 Å². The zero-order valence-electron chi connectivity index (χ0n) is 15.6. The highest BCUT2D eigenvalue weighted by atomic mass is 35.5. The number of nitro groups is 1. The van der Waals surface area contributed by atoms with Crippen LogP contribution in [0, 0.1) is 16.0 Å². The van der Waals surface area contributed by atoms with Crippen molar-refractivity contribution in [1.29, 1.82) is 0 Å². The predicted molar refractivity (Wildman–Crippen MR) is 110 cm³/mol. The third kappa shape index (κ3) is 5.30. The number of hydrogen-bond donors (Lipinski definition) is 2. The van der Waals surface area contributed by atoms with Crippen molar-refractivity contribution in [2.45, 2.75) is 38.1 Å². The normalized spacial score (nSPS) is 19.4. The molecule has 1 heterocycles. The summed E-state index contributed by atoms with van der Waals surface area (Å²) in [5.74, 6) is 0.785. The van der Waals surface area contributed by atoms with E-state index in [1.54, 1.807) is 0 Å². The molecule has 0 unspecified atom stereocenters. The Labute approximate surface area is 169 Å². The van der Waals surface area contributed by atoms with Gasteiger partial charge >= 0.3 is 5.69 Å². The van der Waals surface area contributed by atoms with Gasteiger partial charge in [0.2, 0.25) is 11.8 Å². The van der Waals surface area contributed by atoms with Crippen molar-refractivity contribution in [3.63, 3.8) is 0 Å². The molecule has 28 heavy (non-hydrogen) atoms. The van der Waals surface area contributed by atoms with Crippen molar-refractivity contribution in [2.75, 3.05) is 23.7 Å². The van der Waals surface area contributed by atoms with E-state index in [0.29, 0.717) is 23.4 Å². The molecule has 150 valence electrons. The van der Waals surface area contributed by atoms with Crippen molar-refractivity contribution in [2.24, 2.45) is 11.7 Å². The first kappa shape index (κ1) is 20.3. The number of anilines is 2. The molecular formula is C19H25ClN6O2. The van der Waals surface area contributed by atoms with E-state index in [0.717, 1.165) is 44.2 Å². The summed E-state index contributed by atoms with van der Waals surface area (Å²) in [5.41, 5.74) is 12.6. The van der Waals surface area contributed by atoms with Crippen LogP contribution in [0.4, 0.5) is 17.5 Å². The summed E-state index contributed by atoms with van der Waals surface area (Å²) in [5, 5.41) is 11.7. The van der Waals surface area contributed by atoms with E-state index < -0.39 is 4.92 Å². The third-order valence-electron chi connectivity index (χ3n) is 5.19. The first-order valence-electron chi connectivity index (χ1n) is 9.44. The Morgan fingerprint density at radius 1 is 1.29 bits per heavy atom. The smallest absolute Gasteiger partial charge is 0.329 e. The number of nitrogens with two attached hydrogens (primary N) is 2. The number of benzene rings is 1. The van der Waals surface area contributed by atoms with Gasteiger partial charge in [0.15, 0.2) is 0 Å². The largest absolute Gasteiger partial charge is 0.378 e. The number of rotatable bonds is 7. The Morgan fingerprint density at radius 3 is 2.68 bits per heavy atom. The minimum absolute atomic E-state index is 0.117. The van der Waals surface area contributed by atoms with Gasteiger partial charge in [-0.25, -0.2) is 4.98 Å². The molecule has 3 rings (SSSR count). The van der Waals surface area contributed by atoms with Gasteiger partial charge in [-0.05, 0) is 55.7 Å². The second kappa shape index (κ2) is 9.16. The second-order valence-corrected chi connectivity index (χ2v) is 7.74. The molecule has 1 saturated carbocycles. The van der Waals surface area contributed by atoms with E-state index in [2.05, 4.69) is 14.9 Å². The van der Waals surface area contributed by atoms with Crippen molar-refractivity contribution >= 4 is 29.1 Å². The summed E-state index contributed by atoms with van der Waals surface area (Å²) >= 11 is 6.08. The Bertz CT molecular complexity index is 826. The maximum Gasteiger partial charge on any atom is 0.329 e. The standard InChI is InChI=1S/C19H25ClN6O2/c20-15-3-1-2-13(10-15)8-9-25(12-14-4-6-16(21)7-5-14)19-23-11-17(26(27)28)18(22)24-19/h1-3,10-11,14,16H,4-9,12,21H2,(H2,22,23,24). The van der Waals surface area contributed by atoms with E-state index in [9.17, 15) is 10.1 Å². The third-order valence-corrected chi connectivity index (χ3v) is 5.43. The van der Waals surface area contributed by atoms with Gasteiger partial charge in [0, 0.05) is 24.2 Å². The van der Waals surface area contributed by atoms with E-state index in [-0.39, 0.29) is 17.5 Å². The van der Waals surface area contributed by atoms with E-state index in [1.165, 1.54) is 6.20 Å². The molecule has 0 saturated heterocycles. The summed E-state index contributed by atoms with van der Waals surface area (Å²) in [7, 11) is 0. The summed E-state index contributed by atoms with van der Waals surface area (Å²) in [6.45, 7) is 1.44. The van der Waals surface area contributed by atoms with Gasteiger partial charge in [-0.3, -0.25) is 10.1 Å². The van der Waals surface area contributed by atoms with Crippen molar-refractivity contribution < 1.29 is 4.92 Å². The highest BCUT2D eigenvalue weighted by Crippen LogP contribution is 2.27. The predicted octanol–water partition coefficient (Wildman–Crippen LogP) is 3.19. The van der Waals surface area contributed by atoms with Crippen LogP contribution in [-0.4, -0.2) is 34.0 Å². The van der Waals surface area contributed by atoms with Gasteiger partial charge in [-0.2, -0.15) is 4.98 Å². The fourth-order valence-corrected chi connectivity index (χ4v) is 3.80. The second-order valence-electron chi connectivity index (χ2n) is 7.30. The number of hydrogen-bond acceptors (Lipinski definition) is 7. The van der Waals surface area contributed by atoms with Crippen LogP contribution in [-0.2, 0) is 6.42 Å². The minimum atomic E-state index is -0.571. The number of aromatic nitrogens is 2. The van der Waals surface area contributed by atoms with Gasteiger partial charge in [0.25, 0.3) is 0 Å². The van der Waals surface area contributed by atoms with Crippen molar-refractivity contribution in [3.8, 4) is 0 Å². The maximum atomic E-state index is 11.0. The van der Waals surface area contributed by atoms with E-state index in [4.69, 9.17) is 23.1 Å². The van der Waals surface area contributed by atoms with Crippen LogP contribution in [0.3, 0.4) is 0 Å². The Hall–Kier alpha value is -2.45. The summed E-state index contributed by atoms with van der Waals surface area (Å²) in [6, 6.07) is 8.00.